The second-order valence-electron chi connectivity index (χ2n) is 8.26. The van der Waals surface area contributed by atoms with Gasteiger partial charge in [0.25, 0.3) is 5.91 Å². The third kappa shape index (κ3) is 3.20. The first-order valence-corrected chi connectivity index (χ1v) is 9.98. The molecule has 4 rings (SSSR count). The lowest BCUT2D eigenvalue weighted by molar-refractivity contribution is -0.923. The fraction of sp³-hybridized carbons (Fsp3) is 0.600. The monoisotopic (exact) mass is 390 g/mol. The zero-order valence-electron chi connectivity index (χ0n) is 16.9. The Morgan fingerprint density at radius 1 is 1.07 bits per heavy atom. The molecule has 8 heteroatoms. The third-order valence-corrected chi connectivity index (χ3v) is 6.48. The lowest BCUT2D eigenvalue weighted by Gasteiger charge is -2.33. The second-order valence-corrected chi connectivity index (χ2v) is 8.26. The second kappa shape index (κ2) is 7.25. The summed E-state index contributed by atoms with van der Waals surface area (Å²) in [5.41, 5.74) is 1.75. The number of piperidine rings is 1. The number of imide groups is 1. The lowest BCUT2D eigenvalue weighted by atomic mass is 9.88. The number of urea groups is 1. The maximum absolute atomic E-state index is 13.1. The summed E-state index contributed by atoms with van der Waals surface area (Å²) in [7, 11) is 5.40. The smallest absolute Gasteiger partial charge is 0.329 e. The molecule has 3 aliphatic heterocycles. The summed E-state index contributed by atoms with van der Waals surface area (Å²) in [6.45, 7) is 3.85. The number of benzene rings is 1. The molecule has 1 spiro atoms. The van der Waals surface area contributed by atoms with Crippen molar-refractivity contribution in [3.8, 4) is 11.5 Å². The Hall–Kier alpha value is -2.32. The molecule has 0 aliphatic carbocycles. The minimum Gasteiger partial charge on any atom is -0.493 e. The van der Waals surface area contributed by atoms with E-state index in [2.05, 4.69) is 12.4 Å². The van der Waals surface area contributed by atoms with Crippen LogP contribution >= 0.6 is 0 Å². The summed E-state index contributed by atoms with van der Waals surface area (Å²) in [5, 5.41) is 3.01. The number of methoxy groups -OCH3 is 2. The maximum Gasteiger partial charge on any atom is 0.329 e. The van der Waals surface area contributed by atoms with Crippen LogP contribution in [0.15, 0.2) is 12.1 Å². The van der Waals surface area contributed by atoms with Crippen LogP contribution in [0.3, 0.4) is 0 Å². The van der Waals surface area contributed by atoms with Crippen LogP contribution in [0.1, 0.15) is 24.0 Å². The number of quaternary nitrogens is 2. The van der Waals surface area contributed by atoms with Crippen molar-refractivity contribution < 1.29 is 28.9 Å². The molecule has 3 N–H and O–H groups in total. The molecule has 1 unspecified atom stereocenters. The highest BCUT2D eigenvalue weighted by Gasteiger charge is 2.54. The number of rotatable bonds is 4. The van der Waals surface area contributed by atoms with Gasteiger partial charge in [0.05, 0.1) is 40.9 Å². The predicted octanol–water partition coefficient (Wildman–Crippen LogP) is -1.80. The number of carbonyl (C=O) groups is 2. The molecular weight excluding hydrogens is 360 g/mol. The number of amides is 3. The Morgan fingerprint density at radius 3 is 2.36 bits per heavy atom. The Kier molecular flexibility index (Phi) is 4.93. The van der Waals surface area contributed by atoms with Crippen LogP contribution < -0.4 is 24.6 Å². The Labute approximate surface area is 165 Å². The molecule has 0 bridgehead atoms. The number of hydrogen-bond acceptors (Lipinski definition) is 4. The van der Waals surface area contributed by atoms with E-state index in [0.29, 0.717) is 12.4 Å². The molecule has 0 saturated carbocycles. The van der Waals surface area contributed by atoms with Crippen molar-refractivity contribution in [1.29, 1.82) is 0 Å². The van der Waals surface area contributed by atoms with E-state index in [9.17, 15) is 9.59 Å². The average Bonchev–Trinajstić information content (AvgIpc) is 2.93. The van der Waals surface area contributed by atoms with Crippen LogP contribution in [0.4, 0.5) is 4.79 Å². The third-order valence-electron chi connectivity index (χ3n) is 6.48. The summed E-state index contributed by atoms with van der Waals surface area (Å²) in [6.07, 6.45) is 2.32. The van der Waals surface area contributed by atoms with Crippen LogP contribution in [0.25, 0.3) is 0 Å². The van der Waals surface area contributed by atoms with Crippen molar-refractivity contribution in [3.05, 3.63) is 23.3 Å². The van der Waals surface area contributed by atoms with Gasteiger partial charge in [0.2, 0.25) is 0 Å². The summed E-state index contributed by atoms with van der Waals surface area (Å²) in [6, 6.07) is 3.81. The molecule has 1 aromatic rings. The number of hydrogen-bond donors (Lipinski definition) is 3. The number of fused-ring (bicyclic) bond motifs is 1. The molecule has 2 fully saturated rings. The van der Waals surface area contributed by atoms with Crippen molar-refractivity contribution >= 4 is 11.9 Å². The zero-order chi connectivity index (χ0) is 19.9. The summed E-state index contributed by atoms with van der Waals surface area (Å²) in [4.78, 5) is 29.7. The molecule has 152 valence electrons. The number of carbonyl (C=O) groups excluding carboxylic acids is 2. The molecule has 3 heterocycles. The fourth-order valence-electron chi connectivity index (χ4n) is 4.65. The van der Waals surface area contributed by atoms with Crippen molar-refractivity contribution in [3.63, 3.8) is 0 Å². The average molecular weight is 390 g/mol. The van der Waals surface area contributed by atoms with Crippen molar-refractivity contribution in [2.45, 2.75) is 31.3 Å². The van der Waals surface area contributed by atoms with Gasteiger partial charge in [-0.3, -0.25) is 4.79 Å². The van der Waals surface area contributed by atoms with Crippen molar-refractivity contribution in [1.82, 2.24) is 10.2 Å². The molecular formula is C20H30N4O4+2. The Balaban J connectivity index is 1.47. The molecule has 28 heavy (non-hydrogen) atoms. The van der Waals surface area contributed by atoms with Crippen LogP contribution in [0.2, 0.25) is 0 Å². The number of nitrogens with one attached hydrogen (secondary N) is 3. The largest absolute Gasteiger partial charge is 0.493 e. The van der Waals surface area contributed by atoms with Gasteiger partial charge in [-0.2, -0.15) is 0 Å². The van der Waals surface area contributed by atoms with Gasteiger partial charge in [-0.15, -0.1) is 0 Å². The van der Waals surface area contributed by atoms with Gasteiger partial charge in [-0.1, -0.05) is 0 Å². The highest BCUT2D eigenvalue weighted by Crippen LogP contribution is 2.31. The summed E-state index contributed by atoms with van der Waals surface area (Å²) >= 11 is 0. The molecule has 3 aliphatic rings. The number of nitrogens with zero attached hydrogens (tertiary/aromatic N) is 1. The van der Waals surface area contributed by atoms with E-state index >= 15 is 0 Å². The van der Waals surface area contributed by atoms with Gasteiger partial charge in [-0.05, 0) is 17.7 Å². The lowest BCUT2D eigenvalue weighted by Crippen LogP contribution is -3.13. The van der Waals surface area contributed by atoms with E-state index in [0.717, 1.165) is 51.2 Å². The predicted molar refractivity (Wildman–Crippen MR) is 102 cm³/mol. The van der Waals surface area contributed by atoms with E-state index in [1.807, 2.05) is 12.1 Å². The van der Waals surface area contributed by atoms with Gasteiger partial charge in [0.15, 0.2) is 18.2 Å². The van der Waals surface area contributed by atoms with E-state index in [1.54, 1.807) is 14.2 Å². The van der Waals surface area contributed by atoms with Gasteiger partial charge >= 0.3 is 6.03 Å². The highest BCUT2D eigenvalue weighted by atomic mass is 16.5. The molecule has 1 atom stereocenters. The van der Waals surface area contributed by atoms with Gasteiger partial charge in [0.1, 0.15) is 12.1 Å². The quantitative estimate of drug-likeness (QED) is 0.531. The highest BCUT2D eigenvalue weighted by molar-refractivity contribution is 6.06. The van der Waals surface area contributed by atoms with Gasteiger partial charge in [-0.25, -0.2) is 9.69 Å². The molecule has 0 aromatic heterocycles. The summed E-state index contributed by atoms with van der Waals surface area (Å²) in [5.74, 6) is 1.41. The Bertz CT molecular complexity index is 789. The molecule has 8 nitrogen and oxygen atoms in total. The van der Waals surface area contributed by atoms with Crippen LogP contribution in [-0.4, -0.2) is 69.9 Å². The molecule has 0 radical (unpaired) electrons. The normalized spacial score (nSPS) is 29.6. The molecule has 1 aromatic carbocycles. The maximum atomic E-state index is 13.1. The summed E-state index contributed by atoms with van der Waals surface area (Å²) < 4.78 is 10.8. The minimum absolute atomic E-state index is 0.0457. The van der Waals surface area contributed by atoms with Crippen LogP contribution in [-0.2, 0) is 17.8 Å². The topological polar surface area (TPSA) is 76.8 Å². The number of ether oxygens (including phenoxy) is 2. The van der Waals surface area contributed by atoms with E-state index in [-0.39, 0.29) is 11.9 Å². The van der Waals surface area contributed by atoms with Crippen LogP contribution in [0.5, 0.6) is 11.5 Å². The molecule has 3 amide bonds. The standard InChI is InChI=1S/C20H28N4O4/c1-22-8-5-20(6-9-22)18(25)24(19(26)21-20)13-23-7-4-14-10-16(27-2)17(28-3)11-15(14)12-23/h10-11H,4-9,12-13H2,1-3H3,(H,21,26)/p+2. The van der Waals surface area contributed by atoms with Crippen molar-refractivity contribution in [2.24, 2.45) is 0 Å². The van der Waals surface area contributed by atoms with E-state index in [1.165, 1.54) is 25.8 Å². The van der Waals surface area contributed by atoms with Crippen LogP contribution in [0, 0.1) is 0 Å². The zero-order valence-corrected chi connectivity index (χ0v) is 16.9. The first-order chi connectivity index (χ1) is 13.5. The first kappa shape index (κ1) is 19.0. The van der Waals surface area contributed by atoms with Gasteiger partial charge < -0.3 is 24.6 Å². The van der Waals surface area contributed by atoms with Crippen molar-refractivity contribution in [2.75, 3.05) is 47.6 Å². The van der Waals surface area contributed by atoms with Gasteiger partial charge in [0, 0.05) is 24.8 Å². The van der Waals surface area contributed by atoms with E-state index in [4.69, 9.17) is 9.47 Å². The first-order valence-electron chi connectivity index (χ1n) is 9.98. The SMILES string of the molecule is COc1cc2c(cc1OC)C[NH+](CN1C(=O)NC3(CC[NH+](C)CC3)C1=O)CC2. The molecule has 2 saturated heterocycles. The van der Waals surface area contributed by atoms with E-state index < -0.39 is 5.54 Å². The Morgan fingerprint density at radius 2 is 1.71 bits per heavy atom. The minimum atomic E-state index is -0.680. The number of likely N-dealkylation sites (tertiary alicyclic amines) is 1. The fourth-order valence-corrected chi connectivity index (χ4v) is 4.65.